The van der Waals surface area contributed by atoms with Gasteiger partial charge in [0.1, 0.15) is 18.3 Å². The molecule has 230 valence electrons. The Hall–Kier alpha value is -4.34. The highest BCUT2D eigenvalue weighted by atomic mass is 35.5. The summed E-state index contributed by atoms with van der Waals surface area (Å²) < 4.78 is 34.4. The number of rotatable bonds is 13. The van der Waals surface area contributed by atoms with Crippen molar-refractivity contribution in [2.45, 2.75) is 37.8 Å². The zero-order chi connectivity index (χ0) is 31.7. The maximum atomic E-state index is 14.4. The number of anilines is 1. The molecule has 8 nitrogen and oxygen atoms in total. The largest absolute Gasteiger partial charge is 0.497 e. The summed E-state index contributed by atoms with van der Waals surface area (Å²) in [7, 11) is -2.74. The summed E-state index contributed by atoms with van der Waals surface area (Å²) in [6, 6.07) is 28.4. The highest BCUT2D eigenvalue weighted by Crippen LogP contribution is 2.27. The Morgan fingerprint density at radius 2 is 1.50 bits per heavy atom. The normalized spacial score (nSPS) is 11.8. The molecular formula is C34H36ClN3O5S. The van der Waals surface area contributed by atoms with Crippen LogP contribution in [-0.4, -0.2) is 51.4 Å². The van der Waals surface area contributed by atoms with Crippen LogP contribution in [0.5, 0.6) is 5.75 Å². The highest BCUT2D eigenvalue weighted by molar-refractivity contribution is 7.92. The molecule has 0 aliphatic rings. The number of aryl methyl sites for hydroxylation is 1. The summed E-state index contributed by atoms with van der Waals surface area (Å²) in [5.74, 6) is -0.370. The van der Waals surface area contributed by atoms with E-state index in [4.69, 9.17) is 16.3 Å². The summed E-state index contributed by atoms with van der Waals surface area (Å²) in [6.45, 7) is 3.71. The van der Waals surface area contributed by atoms with Crippen molar-refractivity contribution in [3.63, 3.8) is 0 Å². The minimum atomic E-state index is -4.23. The van der Waals surface area contributed by atoms with E-state index < -0.39 is 28.5 Å². The highest BCUT2D eigenvalue weighted by Gasteiger charge is 2.34. The Morgan fingerprint density at radius 3 is 2.09 bits per heavy atom. The number of sulfonamides is 1. The lowest BCUT2D eigenvalue weighted by Gasteiger charge is -2.34. The van der Waals surface area contributed by atoms with E-state index in [1.165, 1.54) is 24.1 Å². The van der Waals surface area contributed by atoms with E-state index >= 15 is 0 Å². The fourth-order valence-electron chi connectivity index (χ4n) is 4.75. The Kier molecular flexibility index (Phi) is 11.0. The molecule has 0 aromatic heterocycles. The predicted octanol–water partition coefficient (Wildman–Crippen LogP) is 5.63. The van der Waals surface area contributed by atoms with Gasteiger partial charge in [-0.25, -0.2) is 8.42 Å². The lowest BCUT2D eigenvalue weighted by Crippen LogP contribution is -2.53. The van der Waals surface area contributed by atoms with Crippen molar-refractivity contribution in [1.29, 1.82) is 0 Å². The van der Waals surface area contributed by atoms with Gasteiger partial charge in [0.05, 0.1) is 17.7 Å². The van der Waals surface area contributed by atoms with Gasteiger partial charge in [-0.15, -0.1) is 0 Å². The number of carbonyl (C=O) groups excluding carboxylic acids is 2. The Bertz CT molecular complexity index is 1650. The summed E-state index contributed by atoms with van der Waals surface area (Å²) in [6.07, 6.45) is 0.246. The summed E-state index contributed by atoms with van der Waals surface area (Å²) >= 11 is 6.12. The maximum Gasteiger partial charge on any atom is 0.264 e. The van der Waals surface area contributed by atoms with Crippen LogP contribution in [0.1, 0.15) is 23.6 Å². The number of methoxy groups -OCH3 is 1. The second-order valence-electron chi connectivity index (χ2n) is 10.3. The Balaban J connectivity index is 1.78. The first-order valence-electron chi connectivity index (χ1n) is 14.2. The molecule has 2 amide bonds. The number of carbonyl (C=O) groups is 2. The van der Waals surface area contributed by atoms with Gasteiger partial charge in [-0.05, 0) is 73.5 Å². The summed E-state index contributed by atoms with van der Waals surface area (Å²) in [5, 5.41) is 3.28. The quantitative estimate of drug-likeness (QED) is 0.206. The molecule has 1 N–H and O–H groups in total. The third-order valence-corrected chi connectivity index (χ3v) is 9.18. The molecule has 0 saturated heterocycles. The van der Waals surface area contributed by atoms with Gasteiger partial charge in [-0.3, -0.25) is 13.9 Å². The van der Waals surface area contributed by atoms with Crippen LogP contribution in [0, 0.1) is 6.92 Å². The maximum absolute atomic E-state index is 14.4. The van der Waals surface area contributed by atoms with Gasteiger partial charge in [0.15, 0.2) is 0 Å². The van der Waals surface area contributed by atoms with E-state index in [0.29, 0.717) is 17.3 Å². The third kappa shape index (κ3) is 8.18. The van der Waals surface area contributed by atoms with Gasteiger partial charge >= 0.3 is 0 Å². The van der Waals surface area contributed by atoms with Gasteiger partial charge in [0, 0.05) is 24.5 Å². The molecule has 4 aromatic carbocycles. The minimum Gasteiger partial charge on any atom is -0.497 e. The number of likely N-dealkylation sites (N-methyl/N-ethyl adjacent to an activating group) is 1. The molecule has 4 rings (SSSR count). The molecule has 0 spiro atoms. The Labute approximate surface area is 264 Å². The molecule has 0 heterocycles. The SMILES string of the molecule is CCNC(=O)[C@H](Cc1ccccc1)N(Cc1ccc(C)cc1)C(=O)CN(c1ccc(Cl)cc1)S(=O)(=O)c1ccc(OC)cc1. The summed E-state index contributed by atoms with van der Waals surface area (Å²) in [4.78, 5) is 29.4. The van der Waals surface area contributed by atoms with Gasteiger partial charge in [-0.1, -0.05) is 71.8 Å². The van der Waals surface area contributed by atoms with E-state index in [1.807, 2.05) is 68.4 Å². The first-order valence-corrected chi connectivity index (χ1v) is 16.0. The van der Waals surface area contributed by atoms with Gasteiger partial charge in [0.25, 0.3) is 10.0 Å². The minimum absolute atomic E-state index is 0.0179. The number of halogens is 1. The smallest absolute Gasteiger partial charge is 0.264 e. The second kappa shape index (κ2) is 14.9. The van der Waals surface area contributed by atoms with Crippen LogP contribution in [0.2, 0.25) is 5.02 Å². The van der Waals surface area contributed by atoms with Crippen molar-refractivity contribution in [3.05, 3.63) is 125 Å². The van der Waals surface area contributed by atoms with Crippen molar-refractivity contribution >= 4 is 39.1 Å². The number of benzene rings is 4. The molecule has 0 bridgehead atoms. The van der Waals surface area contributed by atoms with E-state index in [-0.39, 0.29) is 29.5 Å². The van der Waals surface area contributed by atoms with Crippen LogP contribution < -0.4 is 14.4 Å². The van der Waals surface area contributed by atoms with Crippen molar-refractivity contribution in [2.24, 2.45) is 0 Å². The number of nitrogens with one attached hydrogen (secondary N) is 1. The van der Waals surface area contributed by atoms with Gasteiger partial charge in [-0.2, -0.15) is 0 Å². The third-order valence-electron chi connectivity index (χ3n) is 7.14. The van der Waals surface area contributed by atoms with Crippen LogP contribution in [0.4, 0.5) is 5.69 Å². The van der Waals surface area contributed by atoms with E-state index in [2.05, 4.69) is 5.32 Å². The van der Waals surface area contributed by atoms with E-state index in [0.717, 1.165) is 21.0 Å². The van der Waals surface area contributed by atoms with Gasteiger partial charge < -0.3 is 15.0 Å². The van der Waals surface area contributed by atoms with E-state index in [1.54, 1.807) is 36.4 Å². The molecule has 0 saturated carbocycles. The van der Waals surface area contributed by atoms with Crippen molar-refractivity contribution in [3.8, 4) is 5.75 Å². The fraction of sp³-hybridized carbons (Fsp3) is 0.235. The molecule has 1 atom stereocenters. The topological polar surface area (TPSA) is 96.0 Å². The molecule has 0 unspecified atom stereocenters. The molecule has 0 radical (unpaired) electrons. The number of ether oxygens (including phenoxy) is 1. The molecule has 0 aliphatic carbocycles. The average molecular weight is 634 g/mol. The first-order chi connectivity index (χ1) is 21.1. The molecule has 0 aliphatic heterocycles. The van der Waals surface area contributed by atoms with Crippen LogP contribution in [0.3, 0.4) is 0 Å². The lowest BCUT2D eigenvalue weighted by atomic mass is 10.0. The monoisotopic (exact) mass is 633 g/mol. The molecule has 4 aromatic rings. The van der Waals surface area contributed by atoms with Crippen molar-refractivity contribution in [1.82, 2.24) is 10.2 Å². The number of amides is 2. The van der Waals surface area contributed by atoms with Gasteiger partial charge in [0.2, 0.25) is 11.8 Å². The van der Waals surface area contributed by atoms with Crippen molar-refractivity contribution in [2.75, 3.05) is 24.5 Å². The number of hydrogen-bond acceptors (Lipinski definition) is 5. The molecule has 0 fully saturated rings. The predicted molar refractivity (Wildman–Crippen MR) is 173 cm³/mol. The average Bonchev–Trinajstić information content (AvgIpc) is 3.03. The first kappa shape index (κ1) is 32.6. The van der Waals surface area contributed by atoms with Crippen LogP contribution in [0.25, 0.3) is 0 Å². The van der Waals surface area contributed by atoms with Crippen LogP contribution in [0.15, 0.2) is 108 Å². The number of nitrogens with zero attached hydrogens (tertiary/aromatic N) is 2. The van der Waals surface area contributed by atoms with Crippen molar-refractivity contribution < 1.29 is 22.7 Å². The standard InChI is InChI=1S/C34H36ClN3O5S/c1-4-36-34(40)32(22-26-8-6-5-7-9-26)37(23-27-12-10-25(2)11-13-27)33(39)24-38(29-16-14-28(35)15-17-29)44(41,42)31-20-18-30(43-3)19-21-31/h5-21,32H,4,22-24H2,1-3H3,(H,36,40)/t32-/m0/s1. The summed E-state index contributed by atoms with van der Waals surface area (Å²) in [5.41, 5.74) is 2.98. The van der Waals surface area contributed by atoms with Crippen LogP contribution >= 0.6 is 11.6 Å². The zero-order valence-corrected chi connectivity index (χ0v) is 26.5. The van der Waals surface area contributed by atoms with E-state index in [9.17, 15) is 18.0 Å². The van der Waals surface area contributed by atoms with Crippen LogP contribution in [-0.2, 0) is 32.6 Å². The molecular weight excluding hydrogens is 598 g/mol. The molecule has 44 heavy (non-hydrogen) atoms. The number of hydrogen-bond donors (Lipinski definition) is 1. The molecule has 10 heteroatoms. The zero-order valence-electron chi connectivity index (χ0n) is 24.9. The Morgan fingerprint density at radius 1 is 0.864 bits per heavy atom. The fourth-order valence-corrected chi connectivity index (χ4v) is 6.29. The second-order valence-corrected chi connectivity index (χ2v) is 12.6. The lowest BCUT2D eigenvalue weighted by molar-refractivity contribution is -0.140.